The Hall–Kier alpha value is -0.410. The van der Waals surface area contributed by atoms with Crippen molar-refractivity contribution in [2.24, 2.45) is 0 Å². The summed E-state index contributed by atoms with van der Waals surface area (Å²) in [5, 5.41) is 4.26. The molecule has 0 saturated carbocycles. The van der Waals surface area contributed by atoms with E-state index in [-0.39, 0.29) is 0 Å². The molecule has 1 aromatic heterocycles. The summed E-state index contributed by atoms with van der Waals surface area (Å²) in [6, 6.07) is 4.01. The van der Waals surface area contributed by atoms with Crippen molar-refractivity contribution in [3.8, 4) is 0 Å². The van der Waals surface area contributed by atoms with Gasteiger partial charge in [-0.2, -0.15) is 0 Å². The van der Waals surface area contributed by atoms with Crippen LogP contribution in [-0.4, -0.2) is 16.9 Å². The number of aromatic nitrogens is 1. The maximum atomic E-state index is 4.01. The minimum absolute atomic E-state index is 0.902. The van der Waals surface area contributed by atoms with E-state index in [0.717, 1.165) is 18.4 Å². The lowest BCUT2D eigenvalue weighted by Crippen LogP contribution is -2.15. The van der Waals surface area contributed by atoms with E-state index in [9.17, 15) is 0 Å². The minimum atomic E-state index is 0.902. The Morgan fingerprint density at radius 2 is 2.45 bits per heavy atom. The minimum Gasteiger partial charge on any atom is -0.312 e. The Morgan fingerprint density at radius 3 is 3.09 bits per heavy atom. The molecular weight excluding hydrogens is 204 g/mol. The Kier molecular flexibility index (Phi) is 4.16. The van der Waals surface area contributed by atoms with Crippen molar-refractivity contribution >= 4 is 15.9 Å². The SMILES string of the molecule is BrCCNCc1cccnc1. The molecule has 0 aliphatic carbocycles. The number of hydrogen-bond acceptors (Lipinski definition) is 2. The molecule has 60 valence electrons. The molecular formula is C8H11BrN2. The zero-order valence-corrected chi connectivity index (χ0v) is 7.84. The van der Waals surface area contributed by atoms with Crippen LogP contribution in [0.1, 0.15) is 5.56 Å². The average Bonchev–Trinajstić information content (AvgIpc) is 2.07. The molecule has 0 aromatic carbocycles. The molecule has 0 fully saturated rings. The molecule has 0 spiro atoms. The Balaban J connectivity index is 2.28. The number of hydrogen-bond donors (Lipinski definition) is 1. The number of halogens is 1. The van der Waals surface area contributed by atoms with Gasteiger partial charge >= 0.3 is 0 Å². The van der Waals surface area contributed by atoms with E-state index in [1.54, 1.807) is 6.20 Å². The monoisotopic (exact) mass is 214 g/mol. The zero-order valence-electron chi connectivity index (χ0n) is 6.26. The molecule has 1 N–H and O–H groups in total. The first-order chi connectivity index (χ1) is 5.43. The number of rotatable bonds is 4. The van der Waals surface area contributed by atoms with Gasteiger partial charge in [0, 0.05) is 30.8 Å². The van der Waals surface area contributed by atoms with Gasteiger partial charge in [0.1, 0.15) is 0 Å². The second kappa shape index (κ2) is 5.27. The van der Waals surface area contributed by atoms with Crippen LogP contribution in [0.5, 0.6) is 0 Å². The fraction of sp³-hybridized carbons (Fsp3) is 0.375. The largest absolute Gasteiger partial charge is 0.312 e. The van der Waals surface area contributed by atoms with Crippen LogP contribution in [0.25, 0.3) is 0 Å². The summed E-state index contributed by atoms with van der Waals surface area (Å²) in [5.41, 5.74) is 1.23. The van der Waals surface area contributed by atoms with Crippen LogP contribution < -0.4 is 5.32 Å². The lowest BCUT2D eigenvalue weighted by Gasteiger charge is -2.00. The van der Waals surface area contributed by atoms with Crippen molar-refractivity contribution in [2.75, 3.05) is 11.9 Å². The molecule has 0 amide bonds. The van der Waals surface area contributed by atoms with Crippen LogP contribution in [0.3, 0.4) is 0 Å². The van der Waals surface area contributed by atoms with Gasteiger partial charge in [-0.1, -0.05) is 22.0 Å². The highest BCUT2D eigenvalue weighted by Gasteiger charge is 1.88. The molecule has 11 heavy (non-hydrogen) atoms. The van der Waals surface area contributed by atoms with Gasteiger partial charge in [0.2, 0.25) is 0 Å². The fourth-order valence-electron chi connectivity index (χ4n) is 0.802. The molecule has 2 nitrogen and oxygen atoms in total. The van der Waals surface area contributed by atoms with E-state index in [1.807, 2.05) is 12.3 Å². The van der Waals surface area contributed by atoms with Gasteiger partial charge in [0.25, 0.3) is 0 Å². The first-order valence-electron chi connectivity index (χ1n) is 3.59. The third kappa shape index (κ3) is 3.49. The van der Waals surface area contributed by atoms with Crippen LogP contribution in [0.4, 0.5) is 0 Å². The highest BCUT2D eigenvalue weighted by atomic mass is 79.9. The summed E-state index contributed by atoms with van der Waals surface area (Å²) in [4.78, 5) is 4.01. The molecule has 0 bridgehead atoms. The maximum Gasteiger partial charge on any atom is 0.0312 e. The van der Waals surface area contributed by atoms with E-state index in [1.165, 1.54) is 5.56 Å². The smallest absolute Gasteiger partial charge is 0.0312 e. The molecule has 1 rings (SSSR count). The first-order valence-corrected chi connectivity index (χ1v) is 4.71. The Morgan fingerprint density at radius 1 is 1.55 bits per heavy atom. The van der Waals surface area contributed by atoms with Gasteiger partial charge in [-0.15, -0.1) is 0 Å². The number of nitrogens with one attached hydrogen (secondary N) is 1. The van der Waals surface area contributed by atoms with Gasteiger partial charge in [-0.05, 0) is 11.6 Å². The first kappa shape index (κ1) is 8.68. The average molecular weight is 215 g/mol. The second-order valence-corrected chi connectivity index (χ2v) is 3.02. The second-order valence-electron chi connectivity index (χ2n) is 2.23. The van der Waals surface area contributed by atoms with Crippen LogP contribution in [0.15, 0.2) is 24.5 Å². The van der Waals surface area contributed by atoms with Crippen molar-refractivity contribution < 1.29 is 0 Å². The summed E-state index contributed by atoms with van der Waals surface area (Å²) in [6.45, 7) is 1.90. The summed E-state index contributed by atoms with van der Waals surface area (Å²) >= 11 is 3.34. The van der Waals surface area contributed by atoms with Crippen LogP contribution in [0.2, 0.25) is 0 Å². The molecule has 0 radical (unpaired) electrons. The van der Waals surface area contributed by atoms with Crippen LogP contribution in [0, 0.1) is 0 Å². The standard InChI is InChI=1S/C8H11BrN2/c9-3-5-11-7-8-2-1-4-10-6-8/h1-2,4,6,11H,3,5,7H2. The van der Waals surface area contributed by atoms with E-state index in [4.69, 9.17) is 0 Å². The van der Waals surface area contributed by atoms with Gasteiger partial charge in [0.15, 0.2) is 0 Å². The van der Waals surface area contributed by atoms with E-state index >= 15 is 0 Å². The molecule has 0 aliphatic heterocycles. The number of pyridine rings is 1. The lowest BCUT2D eigenvalue weighted by molar-refractivity contribution is 0.732. The van der Waals surface area contributed by atoms with Gasteiger partial charge in [-0.3, -0.25) is 4.98 Å². The predicted molar refractivity (Wildman–Crippen MR) is 49.7 cm³/mol. The molecule has 0 aliphatic rings. The van der Waals surface area contributed by atoms with E-state index in [2.05, 4.69) is 32.3 Å². The summed E-state index contributed by atoms with van der Waals surface area (Å²) in [6.07, 6.45) is 3.66. The summed E-state index contributed by atoms with van der Waals surface area (Å²) in [5.74, 6) is 0. The Labute approximate surface area is 75.2 Å². The third-order valence-corrected chi connectivity index (χ3v) is 1.72. The zero-order chi connectivity index (χ0) is 7.94. The quantitative estimate of drug-likeness (QED) is 0.609. The molecule has 0 atom stereocenters. The molecule has 0 unspecified atom stereocenters. The molecule has 1 heterocycles. The van der Waals surface area contributed by atoms with E-state index < -0.39 is 0 Å². The normalized spacial score (nSPS) is 9.91. The lowest BCUT2D eigenvalue weighted by atomic mass is 10.3. The molecule has 0 saturated heterocycles. The Bertz CT molecular complexity index is 189. The van der Waals surface area contributed by atoms with Gasteiger partial charge in [-0.25, -0.2) is 0 Å². The fourth-order valence-corrected chi connectivity index (χ4v) is 1.08. The van der Waals surface area contributed by atoms with Crippen molar-refractivity contribution in [3.05, 3.63) is 30.1 Å². The van der Waals surface area contributed by atoms with Crippen molar-refractivity contribution in [2.45, 2.75) is 6.54 Å². The van der Waals surface area contributed by atoms with Gasteiger partial charge < -0.3 is 5.32 Å². The van der Waals surface area contributed by atoms with Crippen molar-refractivity contribution in [3.63, 3.8) is 0 Å². The van der Waals surface area contributed by atoms with Crippen LogP contribution in [-0.2, 0) is 6.54 Å². The number of nitrogens with zero attached hydrogens (tertiary/aromatic N) is 1. The highest BCUT2D eigenvalue weighted by molar-refractivity contribution is 9.09. The molecule has 1 aromatic rings. The van der Waals surface area contributed by atoms with Gasteiger partial charge in [0.05, 0.1) is 0 Å². The summed E-state index contributed by atoms with van der Waals surface area (Å²) < 4.78 is 0. The van der Waals surface area contributed by atoms with Crippen LogP contribution >= 0.6 is 15.9 Å². The van der Waals surface area contributed by atoms with Crippen molar-refractivity contribution in [1.82, 2.24) is 10.3 Å². The topological polar surface area (TPSA) is 24.9 Å². The third-order valence-electron chi connectivity index (χ3n) is 1.32. The maximum absolute atomic E-state index is 4.01. The summed E-state index contributed by atoms with van der Waals surface area (Å²) in [7, 11) is 0. The van der Waals surface area contributed by atoms with Crippen molar-refractivity contribution in [1.29, 1.82) is 0 Å². The number of alkyl halides is 1. The molecule has 3 heteroatoms. The van der Waals surface area contributed by atoms with E-state index in [0.29, 0.717) is 0 Å². The highest BCUT2D eigenvalue weighted by Crippen LogP contribution is 1.93. The predicted octanol–water partition coefficient (Wildman–Crippen LogP) is 1.57.